The molecule has 3 N–H and O–H groups in total. The molecule has 0 saturated heterocycles. The zero-order valence-electron chi connectivity index (χ0n) is 15.6. The van der Waals surface area contributed by atoms with Gasteiger partial charge in [0.2, 0.25) is 5.96 Å². The number of hydrogen-bond acceptors (Lipinski definition) is 4. The van der Waals surface area contributed by atoms with Crippen LogP contribution in [0.25, 0.3) is 0 Å². The first kappa shape index (κ1) is 21.7. The van der Waals surface area contributed by atoms with Crippen molar-refractivity contribution < 1.29 is 4.79 Å². The second kappa shape index (κ2) is 9.53. The van der Waals surface area contributed by atoms with Gasteiger partial charge in [-0.25, -0.2) is 4.99 Å². The summed E-state index contributed by atoms with van der Waals surface area (Å²) in [5.41, 5.74) is 0.672. The molecular weight excluding hydrogens is 444 g/mol. The molecule has 1 aromatic carbocycles. The van der Waals surface area contributed by atoms with Crippen molar-refractivity contribution in [3.05, 3.63) is 57.8 Å². The summed E-state index contributed by atoms with van der Waals surface area (Å²) in [5.74, 6) is -0.105. The Labute approximate surface area is 177 Å². The molecule has 0 saturated carbocycles. The summed E-state index contributed by atoms with van der Waals surface area (Å²) in [6.07, 6.45) is 4.46. The number of nitrogens with one attached hydrogen (secondary N) is 3. The van der Waals surface area contributed by atoms with Crippen molar-refractivity contribution in [2.45, 2.75) is 26.9 Å². The van der Waals surface area contributed by atoms with Crippen molar-refractivity contribution in [2.24, 2.45) is 10.4 Å². The monoisotopic (exact) mass is 462 g/mol. The fourth-order valence-corrected chi connectivity index (χ4v) is 2.57. The van der Waals surface area contributed by atoms with Crippen molar-refractivity contribution in [3.8, 4) is 6.19 Å². The van der Waals surface area contributed by atoms with Crippen LogP contribution in [0, 0.1) is 16.9 Å². The van der Waals surface area contributed by atoms with Crippen LogP contribution in [-0.4, -0.2) is 23.0 Å². The maximum absolute atomic E-state index is 12.6. The highest BCUT2D eigenvalue weighted by molar-refractivity contribution is 9.10. The maximum Gasteiger partial charge on any atom is 0.252 e. The third-order valence-corrected chi connectivity index (χ3v) is 4.59. The molecule has 1 heterocycles. The topological polar surface area (TPSA) is 102 Å². The average molecular weight is 464 g/mol. The van der Waals surface area contributed by atoms with Gasteiger partial charge in [0.05, 0.1) is 11.9 Å². The summed E-state index contributed by atoms with van der Waals surface area (Å²) >= 11 is 9.29. The van der Waals surface area contributed by atoms with Crippen LogP contribution in [0.15, 0.2) is 52.2 Å². The number of anilines is 1. The van der Waals surface area contributed by atoms with Crippen LogP contribution in [0.1, 0.15) is 31.1 Å². The number of hydrogen-bond donors (Lipinski definition) is 3. The van der Waals surface area contributed by atoms with Crippen LogP contribution in [0.3, 0.4) is 0 Å². The van der Waals surface area contributed by atoms with E-state index in [0.29, 0.717) is 16.3 Å². The number of pyridine rings is 1. The van der Waals surface area contributed by atoms with E-state index in [1.807, 2.05) is 27.0 Å². The molecule has 0 aliphatic heterocycles. The first-order valence-corrected chi connectivity index (χ1v) is 9.53. The molecule has 1 amide bonds. The minimum absolute atomic E-state index is 0.188. The molecule has 1 aromatic heterocycles. The Hall–Kier alpha value is -2.63. The first-order valence-electron chi connectivity index (χ1n) is 8.36. The van der Waals surface area contributed by atoms with E-state index in [1.54, 1.807) is 42.7 Å². The molecule has 28 heavy (non-hydrogen) atoms. The molecule has 1 unspecified atom stereocenters. The third kappa shape index (κ3) is 6.22. The van der Waals surface area contributed by atoms with Crippen LogP contribution < -0.4 is 16.0 Å². The van der Waals surface area contributed by atoms with Gasteiger partial charge in [-0.1, -0.05) is 32.4 Å². The van der Waals surface area contributed by atoms with Crippen molar-refractivity contribution in [1.82, 2.24) is 15.6 Å². The van der Waals surface area contributed by atoms with Crippen LogP contribution in [-0.2, 0) is 0 Å². The molecule has 0 aliphatic rings. The molecule has 0 bridgehead atoms. The Morgan fingerprint density at radius 2 is 1.96 bits per heavy atom. The van der Waals surface area contributed by atoms with Crippen molar-refractivity contribution in [2.75, 3.05) is 5.32 Å². The second-order valence-corrected chi connectivity index (χ2v) is 8.23. The minimum atomic E-state index is -0.616. The number of aliphatic imine (C=N–C) groups is 1. The van der Waals surface area contributed by atoms with E-state index in [-0.39, 0.29) is 11.9 Å². The zero-order chi connectivity index (χ0) is 20.7. The summed E-state index contributed by atoms with van der Waals surface area (Å²) < 4.78 is 0.757. The number of amides is 1. The number of carbonyl (C=O) groups excluding carboxylic acids is 1. The fourth-order valence-electron chi connectivity index (χ4n) is 2.13. The SMILES string of the molecule is CC(C)(C)C(N=C(NC#N)Nc1cnccc1Br)NC(=O)c1ccc(Cl)cc1. The highest BCUT2D eigenvalue weighted by Gasteiger charge is 2.27. The van der Waals surface area contributed by atoms with Gasteiger partial charge in [0.15, 0.2) is 6.19 Å². The normalized spacial score (nSPS) is 12.6. The Morgan fingerprint density at radius 3 is 2.54 bits per heavy atom. The van der Waals surface area contributed by atoms with Crippen LogP contribution in [0.2, 0.25) is 5.02 Å². The Bertz CT molecular complexity index is 902. The minimum Gasteiger partial charge on any atom is -0.330 e. The Kier molecular flexibility index (Phi) is 7.38. The van der Waals surface area contributed by atoms with E-state index in [2.05, 4.69) is 41.9 Å². The quantitative estimate of drug-likeness (QED) is 0.274. The van der Waals surface area contributed by atoms with E-state index >= 15 is 0 Å². The number of benzene rings is 1. The summed E-state index contributed by atoms with van der Waals surface area (Å²) in [6.45, 7) is 5.81. The fraction of sp³-hybridized carbons (Fsp3) is 0.263. The number of guanidine groups is 1. The van der Waals surface area contributed by atoms with E-state index in [1.165, 1.54) is 0 Å². The predicted octanol–water partition coefficient (Wildman–Crippen LogP) is 4.14. The van der Waals surface area contributed by atoms with Gasteiger partial charge in [0.1, 0.15) is 6.17 Å². The number of halogens is 2. The largest absolute Gasteiger partial charge is 0.330 e. The average Bonchev–Trinajstić information content (AvgIpc) is 2.63. The lowest BCUT2D eigenvalue weighted by Gasteiger charge is -2.29. The van der Waals surface area contributed by atoms with Gasteiger partial charge in [-0.15, -0.1) is 0 Å². The molecule has 2 rings (SSSR count). The third-order valence-electron chi connectivity index (χ3n) is 3.65. The molecule has 0 spiro atoms. The van der Waals surface area contributed by atoms with Gasteiger partial charge in [0, 0.05) is 26.7 Å². The molecular formula is C19H20BrClN6O. The second-order valence-electron chi connectivity index (χ2n) is 6.94. The molecule has 146 valence electrons. The van der Waals surface area contributed by atoms with Crippen molar-refractivity contribution in [3.63, 3.8) is 0 Å². The lowest BCUT2D eigenvalue weighted by atomic mass is 9.92. The van der Waals surface area contributed by atoms with Gasteiger partial charge in [0.25, 0.3) is 5.91 Å². The van der Waals surface area contributed by atoms with E-state index in [4.69, 9.17) is 16.9 Å². The summed E-state index contributed by atoms with van der Waals surface area (Å²) in [7, 11) is 0. The molecule has 0 fully saturated rings. The smallest absolute Gasteiger partial charge is 0.252 e. The van der Waals surface area contributed by atoms with E-state index in [9.17, 15) is 4.79 Å². The Balaban J connectivity index is 2.28. The molecule has 2 aromatic rings. The van der Waals surface area contributed by atoms with Crippen molar-refractivity contribution in [1.29, 1.82) is 5.26 Å². The van der Waals surface area contributed by atoms with Crippen molar-refractivity contribution >= 4 is 45.1 Å². The lowest BCUT2D eigenvalue weighted by Crippen LogP contribution is -2.44. The summed E-state index contributed by atoms with van der Waals surface area (Å²) in [6, 6.07) is 8.34. The summed E-state index contributed by atoms with van der Waals surface area (Å²) in [5, 5.41) is 18.0. The van der Waals surface area contributed by atoms with E-state index < -0.39 is 11.6 Å². The maximum atomic E-state index is 12.6. The summed E-state index contributed by atoms with van der Waals surface area (Å²) in [4.78, 5) is 21.2. The number of carbonyl (C=O) groups is 1. The molecule has 0 radical (unpaired) electrons. The molecule has 7 nitrogen and oxygen atoms in total. The van der Waals surface area contributed by atoms with Gasteiger partial charge in [-0.3, -0.25) is 15.1 Å². The zero-order valence-corrected chi connectivity index (χ0v) is 18.0. The van der Waals surface area contributed by atoms with Crippen LogP contribution in [0.5, 0.6) is 0 Å². The van der Waals surface area contributed by atoms with Gasteiger partial charge in [-0.2, -0.15) is 5.26 Å². The highest BCUT2D eigenvalue weighted by Crippen LogP contribution is 2.23. The Morgan fingerprint density at radius 1 is 1.29 bits per heavy atom. The van der Waals surface area contributed by atoms with Gasteiger partial charge in [-0.05, 0) is 46.3 Å². The number of nitriles is 1. The first-order chi connectivity index (χ1) is 13.2. The number of rotatable bonds is 4. The molecule has 0 aliphatic carbocycles. The van der Waals surface area contributed by atoms with Crippen LogP contribution >= 0.6 is 27.5 Å². The predicted molar refractivity (Wildman–Crippen MR) is 114 cm³/mol. The number of aromatic nitrogens is 1. The van der Waals surface area contributed by atoms with E-state index in [0.717, 1.165) is 4.47 Å². The molecule has 9 heteroatoms. The highest BCUT2D eigenvalue weighted by atomic mass is 79.9. The van der Waals surface area contributed by atoms with Gasteiger partial charge < -0.3 is 10.6 Å². The standard InChI is InChI=1S/C19H20BrClN6O/c1-19(2,3)17(26-16(28)12-4-6-13(21)7-5-12)27-18(24-11-22)25-15-10-23-9-8-14(15)20/h4-10,17H,1-3H3,(H,26,28)(H2,24,25,27). The number of nitrogens with zero attached hydrogens (tertiary/aromatic N) is 3. The molecule has 1 atom stereocenters. The van der Waals surface area contributed by atoms with Gasteiger partial charge >= 0.3 is 0 Å². The van der Waals surface area contributed by atoms with Crippen LogP contribution in [0.4, 0.5) is 5.69 Å². The lowest BCUT2D eigenvalue weighted by molar-refractivity contribution is 0.0906.